The summed E-state index contributed by atoms with van der Waals surface area (Å²) >= 11 is 0. The number of carbonyl (C=O) groups excluding carboxylic acids is 1. The maximum Gasteiger partial charge on any atom is 0.352 e. The lowest BCUT2D eigenvalue weighted by atomic mass is 10.0. The van der Waals surface area contributed by atoms with Gasteiger partial charge >= 0.3 is 11.7 Å². The van der Waals surface area contributed by atoms with E-state index in [0.29, 0.717) is 12.0 Å². The topological polar surface area (TPSA) is 146 Å². The molecule has 2 rings (SSSR count). The van der Waals surface area contributed by atoms with E-state index in [1.807, 2.05) is 4.98 Å². The Bertz CT molecular complexity index is 833. The number of H-pyrrole nitrogens is 2. The third kappa shape index (κ3) is 3.29. The number of rotatable bonds is 5. The van der Waals surface area contributed by atoms with E-state index in [1.165, 1.54) is 0 Å². The molecule has 0 fully saturated rings. The Balaban J connectivity index is 2.25. The van der Waals surface area contributed by atoms with E-state index in [2.05, 4.69) is 4.98 Å². The largest absolute Gasteiger partial charge is 0.477 e. The number of carbonyl (C=O) groups is 2. The van der Waals surface area contributed by atoms with Gasteiger partial charge in [-0.25, -0.2) is 9.59 Å². The minimum Gasteiger partial charge on any atom is -0.477 e. The van der Waals surface area contributed by atoms with Crippen LogP contribution in [-0.2, 0) is 12.8 Å². The fourth-order valence-electron chi connectivity index (χ4n) is 2.04. The smallest absolute Gasteiger partial charge is 0.352 e. The Morgan fingerprint density at radius 1 is 1.05 bits per heavy atom. The molecule has 0 radical (unpaired) electrons. The molecule has 0 aliphatic rings. The maximum atomic E-state index is 11.7. The summed E-state index contributed by atoms with van der Waals surface area (Å²) in [5, 5.41) is 9.03. The van der Waals surface area contributed by atoms with E-state index in [9.17, 15) is 19.2 Å². The van der Waals surface area contributed by atoms with Crippen molar-refractivity contribution in [2.75, 3.05) is 0 Å². The molecule has 0 saturated heterocycles. The maximum absolute atomic E-state index is 11.7. The van der Waals surface area contributed by atoms with Gasteiger partial charge in [0.05, 0.1) is 0 Å². The van der Waals surface area contributed by atoms with Crippen LogP contribution in [-0.4, -0.2) is 27.0 Å². The van der Waals surface area contributed by atoms with Gasteiger partial charge in [-0.05, 0) is 30.5 Å². The van der Waals surface area contributed by atoms with Crippen molar-refractivity contribution in [2.24, 2.45) is 5.73 Å². The van der Waals surface area contributed by atoms with Gasteiger partial charge in [0.25, 0.3) is 5.56 Å². The van der Waals surface area contributed by atoms with Crippen LogP contribution in [0.2, 0.25) is 0 Å². The van der Waals surface area contributed by atoms with Crippen molar-refractivity contribution in [1.82, 2.24) is 9.97 Å². The zero-order valence-corrected chi connectivity index (χ0v) is 11.4. The number of amides is 1. The first-order valence-corrected chi connectivity index (χ1v) is 6.36. The fraction of sp³-hybridized carbons (Fsp3) is 0.143. The first-order chi connectivity index (χ1) is 10.4. The number of aryl methyl sites for hydroxylation is 1. The van der Waals surface area contributed by atoms with Crippen LogP contribution in [0.1, 0.15) is 32.0 Å². The number of hydrogen-bond acceptors (Lipinski definition) is 4. The molecule has 5 N–H and O–H groups in total. The van der Waals surface area contributed by atoms with Gasteiger partial charge < -0.3 is 15.8 Å². The average molecular weight is 303 g/mol. The molecule has 1 amide bonds. The van der Waals surface area contributed by atoms with E-state index in [4.69, 9.17) is 10.8 Å². The van der Waals surface area contributed by atoms with Gasteiger partial charge in [0.1, 0.15) is 5.69 Å². The third-order valence-corrected chi connectivity index (χ3v) is 3.16. The Morgan fingerprint density at radius 2 is 1.68 bits per heavy atom. The quantitative estimate of drug-likeness (QED) is 0.596. The fourth-order valence-corrected chi connectivity index (χ4v) is 2.04. The molecule has 114 valence electrons. The summed E-state index contributed by atoms with van der Waals surface area (Å²) in [5.74, 6) is -1.92. The van der Waals surface area contributed by atoms with Crippen molar-refractivity contribution in [3.8, 4) is 0 Å². The normalized spacial score (nSPS) is 10.4. The lowest BCUT2D eigenvalue weighted by molar-refractivity contribution is 0.0688. The lowest BCUT2D eigenvalue weighted by Crippen LogP contribution is -2.30. The summed E-state index contributed by atoms with van der Waals surface area (Å²) < 4.78 is 0. The van der Waals surface area contributed by atoms with Gasteiger partial charge in [-0.2, -0.15) is 0 Å². The number of benzene rings is 1. The number of carboxylic acids is 1. The van der Waals surface area contributed by atoms with Crippen molar-refractivity contribution >= 4 is 11.9 Å². The lowest BCUT2D eigenvalue weighted by Gasteiger charge is -2.05. The molecule has 0 unspecified atom stereocenters. The van der Waals surface area contributed by atoms with Crippen molar-refractivity contribution < 1.29 is 14.7 Å². The summed E-state index contributed by atoms with van der Waals surface area (Å²) in [5.41, 5.74) is 4.28. The molecule has 8 nitrogen and oxygen atoms in total. The standard InChI is InChI=1S/C14H13N3O5/c15-11(18)8-4-1-7(2-5-8)3-6-9-10(13(20)21)16-14(22)17-12(9)19/h1-2,4-5H,3,6H2,(H2,15,18)(H,20,21)(H2,16,17,19,22). The third-order valence-electron chi connectivity index (χ3n) is 3.16. The van der Waals surface area contributed by atoms with Crippen LogP contribution in [0.3, 0.4) is 0 Å². The number of nitrogens with one attached hydrogen (secondary N) is 2. The molecule has 22 heavy (non-hydrogen) atoms. The summed E-state index contributed by atoms with van der Waals surface area (Å²) in [6.45, 7) is 0. The van der Waals surface area contributed by atoms with E-state index < -0.39 is 28.8 Å². The first kappa shape index (κ1) is 15.2. The minimum atomic E-state index is -1.37. The van der Waals surface area contributed by atoms with E-state index in [-0.39, 0.29) is 12.0 Å². The summed E-state index contributed by atoms with van der Waals surface area (Å²) in [6, 6.07) is 6.43. The molecule has 0 spiro atoms. The average Bonchev–Trinajstić information content (AvgIpc) is 2.45. The molecule has 1 aromatic heterocycles. The second-order valence-electron chi connectivity index (χ2n) is 4.63. The van der Waals surface area contributed by atoms with Gasteiger partial charge in [0.2, 0.25) is 5.91 Å². The Morgan fingerprint density at radius 3 is 2.23 bits per heavy atom. The van der Waals surface area contributed by atoms with Crippen molar-refractivity contribution in [2.45, 2.75) is 12.8 Å². The van der Waals surface area contributed by atoms with Crippen molar-refractivity contribution in [1.29, 1.82) is 0 Å². The van der Waals surface area contributed by atoms with Crippen LogP contribution in [0, 0.1) is 0 Å². The molecular weight excluding hydrogens is 290 g/mol. The van der Waals surface area contributed by atoms with Crippen LogP contribution in [0.4, 0.5) is 0 Å². The Labute approximate surface area is 123 Å². The van der Waals surface area contributed by atoms with Crippen LogP contribution in [0.25, 0.3) is 0 Å². The van der Waals surface area contributed by atoms with Gasteiger partial charge in [-0.15, -0.1) is 0 Å². The highest BCUT2D eigenvalue weighted by atomic mass is 16.4. The molecule has 0 aliphatic heterocycles. The predicted octanol–water partition coefficient (Wildman–Crippen LogP) is -0.354. The van der Waals surface area contributed by atoms with Crippen molar-refractivity contribution in [3.63, 3.8) is 0 Å². The Hall–Kier alpha value is -3.16. The number of nitrogens with two attached hydrogens (primary N) is 1. The molecule has 1 aromatic carbocycles. The first-order valence-electron chi connectivity index (χ1n) is 6.36. The van der Waals surface area contributed by atoms with Crippen LogP contribution < -0.4 is 17.0 Å². The van der Waals surface area contributed by atoms with Gasteiger partial charge in [0.15, 0.2) is 0 Å². The molecular formula is C14H13N3O5. The second-order valence-corrected chi connectivity index (χ2v) is 4.63. The number of aromatic carboxylic acids is 1. The Kier molecular flexibility index (Phi) is 4.21. The van der Waals surface area contributed by atoms with E-state index >= 15 is 0 Å². The van der Waals surface area contributed by atoms with Gasteiger partial charge in [-0.3, -0.25) is 14.6 Å². The van der Waals surface area contributed by atoms with Crippen LogP contribution in [0.15, 0.2) is 33.9 Å². The second kappa shape index (κ2) is 6.08. The SMILES string of the molecule is NC(=O)c1ccc(CCc2c(C(=O)O)[nH]c(=O)[nH]c2=O)cc1. The zero-order chi connectivity index (χ0) is 16.3. The van der Waals surface area contributed by atoms with Gasteiger partial charge in [0, 0.05) is 11.1 Å². The summed E-state index contributed by atoms with van der Waals surface area (Å²) in [6.07, 6.45) is 0.498. The number of primary amides is 1. The van der Waals surface area contributed by atoms with Crippen LogP contribution in [0.5, 0.6) is 0 Å². The number of hydrogen-bond donors (Lipinski definition) is 4. The minimum absolute atomic E-state index is 0.00826. The molecule has 2 aromatic rings. The molecule has 8 heteroatoms. The number of aromatic nitrogens is 2. The number of aromatic amines is 2. The molecule has 0 aliphatic carbocycles. The summed E-state index contributed by atoms with van der Waals surface area (Å²) in [7, 11) is 0. The van der Waals surface area contributed by atoms with Crippen molar-refractivity contribution in [3.05, 3.63) is 67.5 Å². The highest BCUT2D eigenvalue weighted by molar-refractivity contribution is 5.92. The molecule has 1 heterocycles. The zero-order valence-electron chi connectivity index (χ0n) is 11.4. The van der Waals surface area contributed by atoms with E-state index in [1.54, 1.807) is 24.3 Å². The highest BCUT2D eigenvalue weighted by Crippen LogP contribution is 2.08. The van der Waals surface area contributed by atoms with Gasteiger partial charge in [-0.1, -0.05) is 12.1 Å². The number of carboxylic acid groups (broad SMARTS) is 1. The summed E-state index contributed by atoms with van der Waals surface area (Å²) in [4.78, 5) is 49.0. The molecule has 0 saturated carbocycles. The van der Waals surface area contributed by atoms with Crippen LogP contribution >= 0.6 is 0 Å². The monoisotopic (exact) mass is 303 g/mol. The molecule has 0 bridgehead atoms. The van der Waals surface area contributed by atoms with E-state index in [0.717, 1.165) is 5.56 Å². The molecule has 0 atom stereocenters. The predicted molar refractivity (Wildman–Crippen MR) is 77.0 cm³/mol. The highest BCUT2D eigenvalue weighted by Gasteiger charge is 2.15.